The SMILES string of the molecule is CCNC(=NCc1ccnc(N2CCN(CC)CC2)c1)NCC(C)(O)c1ccc(C)o1. The molecule has 0 bridgehead atoms. The van der Waals surface area contributed by atoms with Gasteiger partial charge in [0.25, 0.3) is 0 Å². The molecule has 0 amide bonds. The van der Waals surface area contributed by atoms with E-state index in [0.29, 0.717) is 18.3 Å². The molecule has 3 heterocycles. The maximum Gasteiger partial charge on any atom is 0.191 e. The monoisotopic (exact) mass is 428 g/mol. The van der Waals surface area contributed by atoms with Crippen LogP contribution in [0.4, 0.5) is 5.82 Å². The lowest BCUT2D eigenvalue weighted by atomic mass is 10.0. The van der Waals surface area contributed by atoms with Gasteiger partial charge in [-0.15, -0.1) is 0 Å². The summed E-state index contributed by atoms with van der Waals surface area (Å²) in [6, 6.07) is 7.78. The fourth-order valence-electron chi connectivity index (χ4n) is 3.60. The van der Waals surface area contributed by atoms with Crippen molar-refractivity contribution >= 4 is 11.8 Å². The highest BCUT2D eigenvalue weighted by Crippen LogP contribution is 2.22. The minimum atomic E-state index is -1.13. The van der Waals surface area contributed by atoms with Crippen molar-refractivity contribution in [2.24, 2.45) is 4.99 Å². The fraction of sp³-hybridized carbons (Fsp3) is 0.565. The smallest absolute Gasteiger partial charge is 0.191 e. The number of hydrogen-bond donors (Lipinski definition) is 3. The number of nitrogens with one attached hydrogen (secondary N) is 2. The summed E-state index contributed by atoms with van der Waals surface area (Å²) in [6.45, 7) is 14.6. The van der Waals surface area contributed by atoms with Crippen LogP contribution in [0.2, 0.25) is 0 Å². The van der Waals surface area contributed by atoms with E-state index >= 15 is 0 Å². The van der Waals surface area contributed by atoms with Crippen molar-refractivity contribution in [2.45, 2.75) is 39.8 Å². The van der Waals surface area contributed by atoms with Gasteiger partial charge in [-0.05, 0) is 57.1 Å². The topological polar surface area (TPSA) is 89.2 Å². The molecular weight excluding hydrogens is 392 g/mol. The van der Waals surface area contributed by atoms with Crippen molar-refractivity contribution in [2.75, 3.05) is 50.7 Å². The van der Waals surface area contributed by atoms with Gasteiger partial charge in [0.1, 0.15) is 22.9 Å². The number of aliphatic imine (C=N–C) groups is 1. The number of nitrogens with zero attached hydrogens (tertiary/aromatic N) is 4. The third-order valence-electron chi connectivity index (χ3n) is 5.59. The zero-order chi connectivity index (χ0) is 22.3. The maximum atomic E-state index is 10.8. The molecule has 3 N–H and O–H groups in total. The van der Waals surface area contributed by atoms with Crippen molar-refractivity contribution < 1.29 is 9.52 Å². The molecule has 0 aromatic carbocycles. The highest BCUT2D eigenvalue weighted by molar-refractivity contribution is 5.79. The van der Waals surface area contributed by atoms with Crippen molar-refractivity contribution in [3.05, 3.63) is 47.5 Å². The molecule has 1 atom stereocenters. The number of aliphatic hydroxyl groups is 1. The number of rotatable bonds is 8. The van der Waals surface area contributed by atoms with E-state index in [2.05, 4.69) is 38.4 Å². The normalized spacial score (nSPS) is 17.5. The van der Waals surface area contributed by atoms with Gasteiger partial charge in [-0.25, -0.2) is 9.98 Å². The van der Waals surface area contributed by atoms with Crippen LogP contribution >= 0.6 is 0 Å². The van der Waals surface area contributed by atoms with Crippen molar-refractivity contribution in [3.63, 3.8) is 0 Å². The minimum Gasteiger partial charge on any atom is -0.463 e. The first-order valence-corrected chi connectivity index (χ1v) is 11.1. The highest BCUT2D eigenvalue weighted by Gasteiger charge is 2.27. The van der Waals surface area contributed by atoms with Gasteiger partial charge >= 0.3 is 0 Å². The number of anilines is 1. The summed E-state index contributed by atoms with van der Waals surface area (Å²) in [7, 11) is 0. The van der Waals surface area contributed by atoms with Gasteiger partial charge in [-0.2, -0.15) is 0 Å². The standard InChI is InChI=1S/C23H36N6O2/c1-5-24-22(27-17-23(4,30)20-8-7-18(3)31-20)26-16-19-9-10-25-21(15-19)29-13-11-28(6-2)12-14-29/h7-10,15,30H,5-6,11-14,16-17H2,1-4H3,(H2,24,26,27). The summed E-state index contributed by atoms with van der Waals surface area (Å²) in [4.78, 5) is 14.1. The second-order valence-electron chi connectivity index (χ2n) is 8.18. The summed E-state index contributed by atoms with van der Waals surface area (Å²) in [5.41, 5.74) is -0.0249. The number of guanidine groups is 1. The van der Waals surface area contributed by atoms with E-state index < -0.39 is 5.60 Å². The Kier molecular flexibility index (Phi) is 7.92. The third kappa shape index (κ3) is 6.45. The zero-order valence-corrected chi connectivity index (χ0v) is 19.2. The van der Waals surface area contributed by atoms with Crippen LogP contribution in [0.1, 0.15) is 37.9 Å². The van der Waals surface area contributed by atoms with E-state index in [1.54, 1.807) is 13.0 Å². The molecule has 0 radical (unpaired) electrons. The molecule has 1 fully saturated rings. The Morgan fingerprint density at radius 1 is 1.19 bits per heavy atom. The van der Waals surface area contributed by atoms with Crippen LogP contribution in [0.15, 0.2) is 39.9 Å². The van der Waals surface area contributed by atoms with Crippen LogP contribution in [0.3, 0.4) is 0 Å². The lowest BCUT2D eigenvalue weighted by Gasteiger charge is -2.34. The molecule has 3 rings (SSSR count). The van der Waals surface area contributed by atoms with E-state index in [4.69, 9.17) is 9.41 Å². The number of furan rings is 1. The van der Waals surface area contributed by atoms with Crippen molar-refractivity contribution in [1.29, 1.82) is 0 Å². The van der Waals surface area contributed by atoms with Crippen LogP contribution < -0.4 is 15.5 Å². The number of likely N-dealkylation sites (N-methyl/N-ethyl adjacent to an activating group) is 1. The van der Waals surface area contributed by atoms with Crippen LogP contribution in [0.25, 0.3) is 0 Å². The Bertz CT molecular complexity index is 855. The quantitative estimate of drug-likeness (QED) is 0.438. The maximum absolute atomic E-state index is 10.8. The van der Waals surface area contributed by atoms with E-state index in [1.807, 2.05) is 32.2 Å². The molecule has 1 saturated heterocycles. The fourth-order valence-corrected chi connectivity index (χ4v) is 3.60. The Morgan fingerprint density at radius 3 is 2.61 bits per heavy atom. The van der Waals surface area contributed by atoms with Crippen molar-refractivity contribution in [3.8, 4) is 0 Å². The molecular formula is C23H36N6O2. The van der Waals surface area contributed by atoms with E-state index in [0.717, 1.165) is 56.4 Å². The Morgan fingerprint density at radius 2 is 1.97 bits per heavy atom. The van der Waals surface area contributed by atoms with Gasteiger partial charge in [0, 0.05) is 38.9 Å². The Balaban J connectivity index is 1.61. The number of pyridine rings is 1. The number of hydrogen-bond acceptors (Lipinski definition) is 6. The summed E-state index contributed by atoms with van der Waals surface area (Å²) in [5, 5.41) is 17.2. The summed E-state index contributed by atoms with van der Waals surface area (Å²) in [5.74, 6) is 2.98. The molecule has 0 aliphatic carbocycles. The number of aromatic nitrogens is 1. The molecule has 8 heteroatoms. The highest BCUT2D eigenvalue weighted by atomic mass is 16.4. The van der Waals surface area contributed by atoms with Crippen LogP contribution in [-0.2, 0) is 12.1 Å². The average Bonchev–Trinajstić information content (AvgIpc) is 3.23. The van der Waals surface area contributed by atoms with Crippen LogP contribution in [0, 0.1) is 6.92 Å². The summed E-state index contributed by atoms with van der Waals surface area (Å²) in [6.07, 6.45) is 1.86. The first-order valence-electron chi connectivity index (χ1n) is 11.1. The van der Waals surface area contributed by atoms with Gasteiger partial charge in [0.15, 0.2) is 5.96 Å². The zero-order valence-electron chi connectivity index (χ0n) is 19.2. The van der Waals surface area contributed by atoms with Gasteiger partial charge in [-0.1, -0.05) is 6.92 Å². The molecule has 1 unspecified atom stereocenters. The molecule has 170 valence electrons. The van der Waals surface area contributed by atoms with Gasteiger partial charge < -0.3 is 30.0 Å². The molecule has 1 aliphatic heterocycles. The average molecular weight is 429 g/mol. The number of piperazine rings is 1. The largest absolute Gasteiger partial charge is 0.463 e. The predicted octanol–water partition coefficient (Wildman–Crippen LogP) is 2.09. The Hall–Kier alpha value is -2.58. The lowest BCUT2D eigenvalue weighted by molar-refractivity contribution is 0.0378. The first kappa shape index (κ1) is 23.1. The van der Waals surface area contributed by atoms with Crippen molar-refractivity contribution in [1.82, 2.24) is 20.5 Å². The predicted molar refractivity (Wildman–Crippen MR) is 124 cm³/mol. The van der Waals surface area contributed by atoms with Crippen LogP contribution in [-0.4, -0.2) is 66.8 Å². The third-order valence-corrected chi connectivity index (χ3v) is 5.59. The Labute approximate surface area is 185 Å². The molecule has 2 aromatic rings. The lowest BCUT2D eigenvalue weighted by Crippen LogP contribution is -2.46. The first-order chi connectivity index (χ1) is 14.9. The van der Waals surface area contributed by atoms with Gasteiger partial charge in [-0.3, -0.25) is 0 Å². The molecule has 0 saturated carbocycles. The minimum absolute atomic E-state index is 0.287. The van der Waals surface area contributed by atoms with E-state index in [9.17, 15) is 5.11 Å². The molecule has 8 nitrogen and oxygen atoms in total. The number of aryl methyl sites for hydroxylation is 1. The molecule has 0 spiro atoms. The second-order valence-corrected chi connectivity index (χ2v) is 8.18. The molecule has 1 aliphatic rings. The van der Waals surface area contributed by atoms with Gasteiger partial charge in [0.2, 0.25) is 0 Å². The van der Waals surface area contributed by atoms with E-state index in [1.165, 1.54) is 0 Å². The summed E-state index contributed by atoms with van der Waals surface area (Å²) < 4.78 is 5.59. The van der Waals surface area contributed by atoms with Crippen LogP contribution in [0.5, 0.6) is 0 Å². The van der Waals surface area contributed by atoms with E-state index in [-0.39, 0.29) is 6.54 Å². The summed E-state index contributed by atoms with van der Waals surface area (Å²) >= 11 is 0. The molecule has 31 heavy (non-hydrogen) atoms. The second kappa shape index (κ2) is 10.6. The van der Waals surface area contributed by atoms with Gasteiger partial charge in [0.05, 0.1) is 13.1 Å². The molecule has 2 aromatic heterocycles.